The first-order valence-electron chi connectivity index (χ1n) is 10.4. The summed E-state index contributed by atoms with van der Waals surface area (Å²) in [6.07, 6.45) is 6.39. The molecule has 26 heavy (non-hydrogen) atoms. The van der Waals surface area contributed by atoms with Crippen LogP contribution >= 0.6 is 0 Å². The lowest BCUT2D eigenvalue weighted by Gasteiger charge is -2.41. The maximum Gasteiger partial charge on any atom is 0.0223 e. The van der Waals surface area contributed by atoms with Crippen molar-refractivity contribution in [3.8, 4) is 0 Å². The van der Waals surface area contributed by atoms with Gasteiger partial charge in [-0.15, -0.1) is 0 Å². The Hall–Kier alpha value is -1.50. The summed E-state index contributed by atoms with van der Waals surface area (Å²) in [5, 5.41) is 0. The maximum absolute atomic E-state index is 4.06. The minimum atomic E-state index is 0.598. The number of rotatable bonds is 5. The first kappa shape index (κ1) is 19.3. The Morgan fingerprint density at radius 3 is 2.31 bits per heavy atom. The molecule has 2 unspecified atom stereocenters. The molecular formula is C25H37N. The van der Waals surface area contributed by atoms with Crippen molar-refractivity contribution < 1.29 is 0 Å². The fourth-order valence-corrected chi connectivity index (χ4v) is 5.18. The Balaban J connectivity index is 1.81. The lowest BCUT2D eigenvalue weighted by atomic mass is 9.70. The van der Waals surface area contributed by atoms with Gasteiger partial charge in [-0.1, -0.05) is 44.2 Å². The highest BCUT2D eigenvalue weighted by atomic mass is 15.2. The molecule has 1 heterocycles. The quantitative estimate of drug-likeness (QED) is 0.554. The van der Waals surface area contributed by atoms with Crippen molar-refractivity contribution in [2.45, 2.75) is 66.7 Å². The topological polar surface area (TPSA) is 3.24 Å². The Bertz CT molecular complexity index is 680. The Morgan fingerprint density at radius 2 is 1.77 bits per heavy atom. The van der Waals surface area contributed by atoms with Crippen molar-refractivity contribution in [2.24, 2.45) is 17.8 Å². The molecule has 1 aromatic rings. The van der Waals surface area contributed by atoms with Crippen LogP contribution in [0.1, 0.15) is 68.7 Å². The highest BCUT2D eigenvalue weighted by molar-refractivity contribution is 5.44. The second-order valence-corrected chi connectivity index (χ2v) is 9.34. The third-order valence-corrected chi connectivity index (χ3v) is 6.66. The fraction of sp³-hybridized carbons (Fsp3) is 0.600. The molecule has 142 valence electrons. The van der Waals surface area contributed by atoms with Gasteiger partial charge in [-0.3, -0.25) is 0 Å². The molecule has 1 aliphatic heterocycles. The minimum Gasteiger partial charge on any atom is -0.375 e. The molecule has 1 saturated heterocycles. The van der Waals surface area contributed by atoms with E-state index in [4.69, 9.17) is 0 Å². The van der Waals surface area contributed by atoms with Gasteiger partial charge in [-0.05, 0) is 87.0 Å². The molecular weight excluding hydrogens is 314 g/mol. The highest BCUT2D eigenvalue weighted by Crippen LogP contribution is 2.42. The zero-order valence-corrected chi connectivity index (χ0v) is 17.7. The monoisotopic (exact) mass is 351 g/mol. The molecule has 0 N–H and O–H groups in total. The molecule has 0 spiro atoms. The van der Waals surface area contributed by atoms with E-state index >= 15 is 0 Å². The zero-order valence-electron chi connectivity index (χ0n) is 17.7. The average molecular weight is 352 g/mol. The van der Waals surface area contributed by atoms with Gasteiger partial charge in [0, 0.05) is 24.7 Å². The maximum atomic E-state index is 4.06. The van der Waals surface area contributed by atoms with Crippen molar-refractivity contribution >= 4 is 0 Å². The van der Waals surface area contributed by atoms with E-state index in [9.17, 15) is 0 Å². The van der Waals surface area contributed by atoms with Crippen LogP contribution in [0, 0.1) is 31.6 Å². The number of aryl methyl sites for hydroxylation is 2. The first-order valence-corrected chi connectivity index (χ1v) is 10.4. The number of hydrogen-bond acceptors (Lipinski definition) is 1. The van der Waals surface area contributed by atoms with Crippen LogP contribution < -0.4 is 0 Å². The van der Waals surface area contributed by atoms with Gasteiger partial charge < -0.3 is 4.90 Å². The average Bonchev–Trinajstić information content (AvgIpc) is 2.49. The predicted octanol–water partition coefficient (Wildman–Crippen LogP) is 6.41. The summed E-state index contributed by atoms with van der Waals surface area (Å²) in [5.41, 5.74) is 8.90. The molecule has 1 nitrogen and oxygen atoms in total. The molecule has 3 rings (SSSR count). The molecule has 2 aliphatic rings. The number of likely N-dealkylation sites (tertiary alicyclic amines) is 1. The fourth-order valence-electron chi connectivity index (χ4n) is 5.18. The van der Waals surface area contributed by atoms with Crippen LogP contribution in [-0.4, -0.2) is 18.0 Å². The highest BCUT2D eigenvalue weighted by Gasteiger charge is 2.30. The molecule has 0 amide bonds. The summed E-state index contributed by atoms with van der Waals surface area (Å²) in [5.74, 6) is 2.90. The summed E-state index contributed by atoms with van der Waals surface area (Å²) in [6.45, 7) is 20.3. The van der Waals surface area contributed by atoms with E-state index in [1.165, 1.54) is 54.7 Å². The third-order valence-electron chi connectivity index (χ3n) is 6.66. The van der Waals surface area contributed by atoms with Crippen LogP contribution in [-0.2, 0) is 6.42 Å². The van der Waals surface area contributed by atoms with E-state index in [-0.39, 0.29) is 0 Å². The van der Waals surface area contributed by atoms with Gasteiger partial charge >= 0.3 is 0 Å². The number of allylic oxidation sites excluding steroid dienone is 3. The molecule has 1 fully saturated rings. The summed E-state index contributed by atoms with van der Waals surface area (Å²) in [6, 6.07) is 4.95. The van der Waals surface area contributed by atoms with Crippen molar-refractivity contribution in [1.29, 1.82) is 0 Å². The normalized spacial score (nSPS) is 23.8. The van der Waals surface area contributed by atoms with Crippen LogP contribution in [0.4, 0.5) is 0 Å². The largest absolute Gasteiger partial charge is 0.375 e. The molecule has 0 saturated carbocycles. The van der Waals surface area contributed by atoms with E-state index in [1.54, 1.807) is 11.1 Å². The van der Waals surface area contributed by atoms with Gasteiger partial charge in [0.05, 0.1) is 0 Å². The zero-order chi connectivity index (χ0) is 19.0. The standard InChI is InChI=1S/C25H37N/c1-16(2)23-9-8-18(5)10-24(23)25-19(6)11-21(12-20(25)7)13-22-14-26(15-22)17(3)4/h10-12,16,22-24H,3,8-9,13-15H2,1-2,4-7H3. The predicted molar refractivity (Wildman–Crippen MR) is 114 cm³/mol. The van der Waals surface area contributed by atoms with E-state index in [2.05, 4.69) is 71.2 Å². The summed E-state index contributed by atoms with van der Waals surface area (Å²) >= 11 is 0. The van der Waals surface area contributed by atoms with Crippen molar-refractivity contribution in [3.05, 3.63) is 58.3 Å². The van der Waals surface area contributed by atoms with Gasteiger partial charge in [-0.25, -0.2) is 0 Å². The second kappa shape index (κ2) is 7.62. The Labute approximate surface area is 161 Å². The lowest BCUT2D eigenvalue weighted by Crippen LogP contribution is -2.45. The van der Waals surface area contributed by atoms with Crippen molar-refractivity contribution in [2.75, 3.05) is 13.1 Å². The third kappa shape index (κ3) is 3.92. The lowest BCUT2D eigenvalue weighted by molar-refractivity contribution is 0.144. The van der Waals surface area contributed by atoms with Gasteiger partial charge in [0.1, 0.15) is 0 Å². The van der Waals surface area contributed by atoms with E-state index in [0.29, 0.717) is 5.92 Å². The molecule has 0 bridgehead atoms. The van der Waals surface area contributed by atoms with Crippen LogP contribution in [0.2, 0.25) is 0 Å². The number of benzene rings is 1. The van der Waals surface area contributed by atoms with Crippen molar-refractivity contribution in [1.82, 2.24) is 4.90 Å². The Morgan fingerprint density at radius 1 is 1.15 bits per heavy atom. The van der Waals surface area contributed by atoms with Crippen LogP contribution in [0.5, 0.6) is 0 Å². The van der Waals surface area contributed by atoms with Gasteiger partial charge in [-0.2, -0.15) is 0 Å². The number of hydrogen-bond donors (Lipinski definition) is 0. The van der Waals surface area contributed by atoms with Crippen molar-refractivity contribution in [3.63, 3.8) is 0 Å². The van der Waals surface area contributed by atoms with Gasteiger partial charge in [0.25, 0.3) is 0 Å². The van der Waals surface area contributed by atoms with E-state index in [0.717, 1.165) is 17.8 Å². The summed E-state index contributed by atoms with van der Waals surface area (Å²) in [7, 11) is 0. The molecule has 1 heteroatoms. The van der Waals surface area contributed by atoms with Gasteiger partial charge in [0.2, 0.25) is 0 Å². The summed E-state index contributed by atoms with van der Waals surface area (Å²) in [4.78, 5) is 2.39. The van der Waals surface area contributed by atoms with E-state index in [1.807, 2.05) is 0 Å². The molecule has 0 radical (unpaired) electrons. The summed E-state index contributed by atoms with van der Waals surface area (Å²) < 4.78 is 0. The van der Waals surface area contributed by atoms with Crippen LogP contribution in [0.15, 0.2) is 36.1 Å². The minimum absolute atomic E-state index is 0.598. The SMILES string of the molecule is C=C(C)N1CC(Cc2cc(C)c(C3C=C(C)CCC3C(C)C)c(C)c2)C1. The van der Waals surface area contributed by atoms with Gasteiger partial charge in [0.15, 0.2) is 0 Å². The molecule has 0 aromatic heterocycles. The molecule has 1 aromatic carbocycles. The van der Waals surface area contributed by atoms with Crippen LogP contribution in [0.25, 0.3) is 0 Å². The molecule has 2 atom stereocenters. The first-order chi connectivity index (χ1) is 12.3. The molecule has 1 aliphatic carbocycles. The second-order valence-electron chi connectivity index (χ2n) is 9.34. The Kier molecular flexibility index (Phi) is 5.65. The van der Waals surface area contributed by atoms with Crippen LogP contribution in [0.3, 0.4) is 0 Å². The number of nitrogens with zero attached hydrogens (tertiary/aromatic N) is 1. The smallest absolute Gasteiger partial charge is 0.0223 e. The van der Waals surface area contributed by atoms with E-state index < -0.39 is 0 Å².